The largest absolute Gasteiger partial charge is 0.340 e. The van der Waals surface area contributed by atoms with Crippen LogP contribution in [0.25, 0.3) is 11.4 Å². The predicted molar refractivity (Wildman–Crippen MR) is 108 cm³/mol. The van der Waals surface area contributed by atoms with Crippen molar-refractivity contribution in [2.24, 2.45) is 11.1 Å². The van der Waals surface area contributed by atoms with Gasteiger partial charge in [-0.3, -0.25) is 9.69 Å². The van der Waals surface area contributed by atoms with E-state index in [0.29, 0.717) is 37.9 Å². The Bertz CT molecular complexity index is 766. The topological polar surface area (TPSA) is 88.5 Å². The van der Waals surface area contributed by atoms with Crippen molar-refractivity contribution in [3.8, 4) is 11.4 Å². The van der Waals surface area contributed by atoms with E-state index in [1.165, 1.54) is 5.56 Å². The smallest absolute Gasteiger partial charge is 0.241 e. The zero-order chi connectivity index (χ0) is 20.1. The molecule has 2 N–H and O–H groups in total. The Morgan fingerprint density at radius 1 is 1.14 bits per heavy atom. The van der Waals surface area contributed by atoms with Gasteiger partial charge in [-0.25, -0.2) is 0 Å². The Morgan fingerprint density at radius 3 is 2.36 bits per heavy atom. The van der Waals surface area contributed by atoms with Crippen molar-refractivity contribution in [3.05, 3.63) is 35.7 Å². The van der Waals surface area contributed by atoms with Crippen LogP contribution in [0.2, 0.25) is 0 Å². The maximum atomic E-state index is 12.9. The zero-order valence-corrected chi connectivity index (χ0v) is 17.1. The first-order valence-corrected chi connectivity index (χ1v) is 10.1. The molecular formula is C21H31N5O2. The highest BCUT2D eigenvalue weighted by Crippen LogP contribution is 2.28. The SMILES string of the molecule is CCC(CC)(CN)C(=O)N1CCN(Cc2nc(-c3ccc(C)cc3)no2)CC1. The molecule has 0 spiro atoms. The van der Waals surface area contributed by atoms with E-state index in [2.05, 4.69) is 22.0 Å². The van der Waals surface area contributed by atoms with Crippen LogP contribution in [-0.4, -0.2) is 58.6 Å². The first-order valence-electron chi connectivity index (χ1n) is 10.1. The van der Waals surface area contributed by atoms with Crippen LogP contribution in [0.5, 0.6) is 0 Å². The summed E-state index contributed by atoms with van der Waals surface area (Å²) in [5.74, 6) is 1.41. The highest BCUT2D eigenvalue weighted by atomic mass is 16.5. The van der Waals surface area contributed by atoms with E-state index in [4.69, 9.17) is 10.3 Å². The van der Waals surface area contributed by atoms with E-state index in [0.717, 1.165) is 31.5 Å². The van der Waals surface area contributed by atoms with Crippen LogP contribution >= 0.6 is 0 Å². The summed E-state index contributed by atoms with van der Waals surface area (Å²) in [6, 6.07) is 8.07. The lowest BCUT2D eigenvalue weighted by molar-refractivity contribution is -0.144. The maximum Gasteiger partial charge on any atom is 0.241 e. The summed E-state index contributed by atoms with van der Waals surface area (Å²) in [6.45, 7) is 10.2. The number of carbonyl (C=O) groups excluding carboxylic acids is 1. The van der Waals surface area contributed by atoms with Crippen molar-refractivity contribution in [1.82, 2.24) is 19.9 Å². The van der Waals surface area contributed by atoms with Crippen molar-refractivity contribution < 1.29 is 9.32 Å². The number of carbonyl (C=O) groups is 1. The number of amides is 1. The molecule has 152 valence electrons. The summed E-state index contributed by atoms with van der Waals surface area (Å²) >= 11 is 0. The van der Waals surface area contributed by atoms with Gasteiger partial charge >= 0.3 is 0 Å². The number of aromatic nitrogens is 2. The van der Waals surface area contributed by atoms with E-state index >= 15 is 0 Å². The van der Waals surface area contributed by atoms with Gasteiger partial charge in [0.1, 0.15) is 0 Å². The van der Waals surface area contributed by atoms with E-state index in [-0.39, 0.29) is 5.91 Å². The molecule has 2 heterocycles. The lowest BCUT2D eigenvalue weighted by atomic mass is 9.81. The molecule has 0 bridgehead atoms. The molecule has 1 saturated heterocycles. The van der Waals surface area contributed by atoms with Gasteiger partial charge in [-0.05, 0) is 19.8 Å². The lowest BCUT2D eigenvalue weighted by Crippen LogP contribution is -2.54. The second-order valence-electron chi connectivity index (χ2n) is 7.64. The van der Waals surface area contributed by atoms with Gasteiger partial charge < -0.3 is 15.2 Å². The Labute approximate surface area is 166 Å². The van der Waals surface area contributed by atoms with Gasteiger partial charge in [-0.2, -0.15) is 4.98 Å². The summed E-state index contributed by atoms with van der Waals surface area (Å²) in [5, 5.41) is 4.10. The molecule has 0 unspecified atom stereocenters. The van der Waals surface area contributed by atoms with Gasteiger partial charge in [0.2, 0.25) is 17.6 Å². The minimum atomic E-state index is -0.419. The average molecular weight is 386 g/mol. The molecule has 1 aliphatic rings. The molecule has 1 amide bonds. The first kappa shape index (κ1) is 20.5. The van der Waals surface area contributed by atoms with Crippen molar-refractivity contribution in [3.63, 3.8) is 0 Å². The number of aryl methyl sites for hydroxylation is 1. The Hall–Kier alpha value is -2.25. The number of nitrogens with two attached hydrogens (primary N) is 1. The molecule has 1 fully saturated rings. The lowest BCUT2D eigenvalue weighted by Gasteiger charge is -2.40. The monoisotopic (exact) mass is 385 g/mol. The molecule has 0 aliphatic carbocycles. The summed E-state index contributed by atoms with van der Waals surface area (Å²) < 4.78 is 5.43. The van der Waals surface area contributed by atoms with Gasteiger partial charge in [0, 0.05) is 38.3 Å². The number of nitrogens with zero attached hydrogens (tertiary/aromatic N) is 4. The van der Waals surface area contributed by atoms with E-state index in [9.17, 15) is 4.79 Å². The average Bonchev–Trinajstić information content (AvgIpc) is 3.19. The number of rotatable bonds is 7. The normalized spacial score (nSPS) is 15.8. The Morgan fingerprint density at radius 2 is 1.79 bits per heavy atom. The summed E-state index contributed by atoms with van der Waals surface area (Å²) in [5.41, 5.74) is 7.67. The number of hydrogen-bond donors (Lipinski definition) is 1. The summed E-state index contributed by atoms with van der Waals surface area (Å²) in [6.07, 6.45) is 1.56. The van der Waals surface area contributed by atoms with E-state index < -0.39 is 5.41 Å². The molecule has 28 heavy (non-hydrogen) atoms. The third-order valence-electron chi connectivity index (χ3n) is 5.99. The fourth-order valence-corrected chi connectivity index (χ4v) is 3.70. The van der Waals surface area contributed by atoms with Crippen LogP contribution in [0.15, 0.2) is 28.8 Å². The van der Waals surface area contributed by atoms with Crippen LogP contribution in [0, 0.1) is 12.3 Å². The Kier molecular flexibility index (Phi) is 6.46. The Balaban J connectivity index is 1.56. The van der Waals surface area contributed by atoms with Crippen molar-refractivity contribution in [2.45, 2.75) is 40.2 Å². The highest BCUT2D eigenvalue weighted by Gasteiger charge is 2.37. The number of benzene rings is 1. The standard InChI is InChI=1S/C21H31N5O2/c1-4-21(5-2,15-22)20(27)26-12-10-25(11-13-26)14-18-23-19(24-28-18)17-8-6-16(3)7-9-17/h6-9H,4-5,10-15,22H2,1-3H3. The molecular weight excluding hydrogens is 354 g/mol. The second-order valence-corrected chi connectivity index (χ2v) is 7.64. The van der Waals surface area contributed by atoms with Crippen LogP contribution in [0.3, 0.4) is 0 Å². The van der Waals surface area contributed by atoms with Crippen LogP contribution < -0.4 is 5.73 Å². The van der Waals surface area contributed by atoms with Gasteiger partial charge in [0.15, 0.2) is 0 Å². The van der Waals surface area contributed by atoms with Crippen molar-refractivity contribution >= 4 is 5.91 Å². The van der Waals surface area contributed by atoms with Gasteiger partial charge in [0.25, 0.3) is 0 Å². The molecule has 7 heteroatoms. The third-order valence-corrected chi connectivity index (χ3v) is 5.99. The summed E-state index contributed by atoms with van der Waals surface area (Å²) in [7, 11) is 0. The molecule has 3 rings (SSSR count). The van der Waals surface area contributed by atoms with Crippen LogP contribution in [0.4, 0.5) is 0 Å². The second kappa shape index (κ2) is 8.84. The highest BCUT2D eigenvalue weighted by molar-refractivity contribution is 5.83. The number of piperazine rings is 1. The molecule has 1 aromatic carbocycles. The molecule has 1 aromatic heterocycles. The van der Waals surface area contributed by atoms with E-state index in [1.54, 1.807) is 0 Å². The van der Waals surface area contributed by atoms with Gasteiger partial charge in [0.05, 0.1) is 12.0 Å². The molecule has 2 aromatic rings. The minimum absolute atomic E-state index is 0.194. The third kappa shape index (κ3) is 4.25. The fourth-order valence-electron chi connectivity index (χ4n) is 3.70. The predicted octanol–water partition coefficient (Wildman–Crippen LogP) is 2.45. The van der Waals surface area contributed by atoms with Gasteiger partial charge in [-0.15, -0.1) is 0 Å². The molecule has 0 radical (unpaired) electrons. The molecule has 0 atom stereocenters. The van der Waals surface area contributed by atoms with Crippen LogP contribution in [0.1, 0.15) is 38.1 Å². The summed E-state index contributed by atoms with van der Waals surface area (Å²) in [4.78, 5) is 21.7. The fraction of sp³-hybridized carbons (Fsp3) is 0.571. The molecule has 1 aliphatic heterocycles. The maximum absolute atomic E-state index is 12.9. The zero-order valence-electron chi connectivity index (χ0n) is 17.1. The molecule has 0 saturated carbocycles. The number of hydrogen-bond acceptors (Lipinski definition) is 6. The quantitative estimate of drug-likeness (QED) is 0.788. The van der Waals surface area contributed by atoms with Crippen molar-refractivity contribution in [2.75, 3.05) is 32.7 Å². The van der Waals surface area contributed by atoms with Crippen molar-refractivity contribution in [1.29, 1.82) is 0 Å². The van der Waals surface area contributed by atoms with E-state index in [1.807, 2.05) is 43.0 Å². The van der Waals surface area contributed by atoms with Gasteiger partial charge in [-0.1, -0.05) is 48.8 Å². The minimum Gasteiger partial charge on any atom is -0.340 e. The van der Waals surface area contributed by atoms with Crippen LogP contribution in [-0.2, 0) is 11.3 Å². The first-order chi connectivity index (χ1) is 13.5. The molecule has 7 nitrogen and oxygen atoms in total.